The summed E-state index contributed by atoms with van der Waals surface area (Å²) in [6, 6.07) is 0. The van der Waals surface area contributed by atoms with Gasteiger partial charge in [-0.25, -0.2) is 0 Å². The van der Waals surface area contributed by atoms with Gasteiger partial charge in [-0.15, -0.1) is 39.2 Å². The highest BCUT2D eigenvalue weighted by molar-refractivity contribution is 4.47. The Morgan fingerprint density at radius 3 is 0.455 bits per heavy atom. The number of rotatable bonds is 1. The van der Waals surface area contributed by atoms with Crippen molar-refractivity contribution in [2.75, 3.05) is 0 Å². The van der Waals surface area contributed by atoms with Crippen molar-refractivity contribution in [1.29, 1.82) is 0 Å². The van der Waals surface area contributed by atoms with Gasteiger partial charge in [0.2, 0.25) is 0 Å². The highest BCUT2D eigenvalue weighted by atomic mass is 13.6. The molecule has 0 aliphatic heterocycles. The van der Waals surface area contributed by atoms with Gasteiger partial charge < -0.3 is 0 Å². The van der Waals surface area contributed by atoms with E-state index in [1.165, 1.54) is 12.8 Å². The average molecular weight is 321 g/mol. The van der Waals surface area contributed by atoms with Gasteiger partial charge in [-0.1, -0.05) is 110 Å². The third-order valence-electron chi connectivity index (χ3n) is 0.500. The van der Waals surface area contributed by atoms with Crippen LogP contribution in [-0.4, -0.2) is 0 Å². The summed E-state index contributed by atoms with van der Waals surface area (Å²) in [6.07, 6.45) is 10.6. The van der Waals surface area contributed by atoms with Crippen molar-refractivity contribution in [3.8, 4) is 12.8 Å². The fourth-order valence-corrected chi connectivity index (χ4v) is 0. The zero-order valence-electron chi connectivity index (χ0n) is 19.4. The first-order valence-electron chi connectivity index (χ1n) is 9.25. The number of terminal acetylenes is 1. The minimum absolute atomic E-state index is 1.32. The van der Waals surface area contributed by atoms with E-state index >= 15 is 0 Å². The third kappa shape index (κ3) is 3870000. The molecule has 0 heterocycles. The van der Waals surface area contributed by atoms with Gasteiger partial charge in [0.05, 0.1) is 0 Å². The van der Waals surface area contributed by atoms with E-state index in [2.05, 4.69) is 53.0 Å². The van der Waals surface area contributed by atoms with E-state index in [0.717, 1.165) is 0 Å². The van der Waals surface area contributed by atoms with Crippen LogP contribution in [0.3, 0.4) is 0 Å². The smallest absolute Gasteiger partial charge is 0.0564 e. The zero-order chi connectivity index (χ0) is 21.4. The normalized spacial score (nSPS) is 3.45. The van der Waals surface area contributed by atoms with Crippen molar-refractivity contribution >= 4 is 0 Å². The highest BCUT2D eigenvalue weighted by Gasteiger charge is 1.56. The molecule has 0 aliphatic rings. The first-order valence-corrected chi connectivity index (χ1v) is 9.25. The van der Waals surface area contributed by atoms with Crippen LogP contribution in [0.4, 0.5) is 0 Å². The Bertz CT molecular complexity index is 30.5. The summed E-state index contributed by atoms with van der Waals surface area (Å²) in [5.74, 6) is 0. The van der Waals surface area contributed by atoms with Crippen LogP contribution < -0.4 is 0 Å². The molecule has 0 fully saturated rings. The zero-order valence-corrected chi connectivity index (χ0v) is 19.4. The van der Waals surface area contributed by atoms with E-state index in [9.17, 15) is 0 Å². The molecule has 0 atom stereocenters. The maximum atomic E-state index is 4.00. The molecule has 0 spiro atoms. The molecule has 0 unspecified atom stereocenters. The number of hydrogen-bond donors (Lipinski definition) is 0. The molecule has 144 valence electrons. The van der Waals surface area contributed by atoms with Gasteiger partial charge in [0, 0.05) is 0 Å². The predicted octanol–water partition coefficient (Wildman–Crippen LogP) is 9.82. The fraction of sp³-hybridized carbons (Fsp3) is 0.727. The van der Waals surface area contributed by atoms with Crippen LogP contribution in [0.5, 0.6) is 0 Å². The lowest BCUT2D eigenvalue weighted by Crippen LogP contribution is -1.47. The summed E-state index contributed by atoms with van der Waals surface area (Å²) in [5.41, 5.74) is 0. The molecule has 0 heteroatoms. The van der Waals surface area contributed by atoms with E-state index < -0.39 is 0 Å². The van der Waals surface area contributed by atoms with Crippen LogP contribution in [0, 0.1) is 12.8 Å². The molecule has 0 aromatic rings. The van der Waals surface area contributed by atoms with Crippen LogP contribution in [0.25, 0.3) is 0 Å². The van der Waals surface area contributed by atoms with Gasteiger partial charge in [0.15, 0.2) is 0 Å². The van der Waals surface area contributed by atoms with Crippen molar-refractivity contribution in [2.45, 2.75) is 110 Å². The molecule has 0 aromatic carbocycles. The Hall–Kier alpha value is -0.960. The molecule has 0 amide bonds. The van der Waals surface area contributed by atoms with Crippen molar-refractivity contribution < 1.29 is 0 Å². The van der Waals surface area contributed by atoms with Crippen LogP contribution in [-0.2, 0) is 0 Å². The molecule has 0 nitrogen and oxygen atoms in total. The second-order valence-corrected chi connectivity index (χ2v) is 1.000. The van der Waals surface area contributed by atoms with Crippen LogP contribution >= 0.6 is 0 Å². The van der Waals surface area contributed by atoms with E-state index in [1.54, 1.807) is 0 Å². The van der Waals surface area contributed by atoms with Gasteiger partial charge in [-0.05, 0) is 0 Å². The van der Waals surface area contributed by atoms with Crippen LogP contribution in [0.1, 0.15) is 110 Å². The highest BCUT2D eigenvalue weighted by Crippen LogP contribution is 1.76. The molecule has 0 aliphatic carbocycles. The Labute approximate surface area is 149 Å². The largest absolute Gasteiger partial charge is 0.124 e. The number of hydrogen-bond acceptors (Lipinski definition) is 0. The van der Waals surface area contributed by atoms with Crippen molar-refractivity contribution in [2.24, 2.45) is 0 Å². The topological polar surface area (TPSA) is 0 Å². The Morgan fingerprint density at radius 2 is 0.455 bits per heavy atom. The van der Waals surface area contributed by atoms with Gasteiger partial charge in [0.1, 0.15) is 0 Å². The molecular weight excluding hydrogens is 264 g/mol. The summed E-state index contributed by atoms with van der Waals surface area (Å²) in [7, 11) is 0. The van der Waals surface area contributed by atoms with Gasteiger partial charge in [0.25, 0.3) is 0 Å². The summed E-state index contributed by atoms with van der Waals surface area (Å²) >= 11 is 0. The molecule has 0 aromatic heterocycles. The molecule has 0 rings (SSSR count). The Balaban J connectivity index is -0.00000000925. The second-order valence-electron chi connectivity index (χ2n) is 1.000. The minimum atomic E-state index is 1.32. The first-order chi connectivity index (χ1) is 10.9. The standard InChI is InChI=1S/C4H10.6C2H6.2C2H4.C2H2/c1-3-4-2;9*1-2/h3-4H2,1-2H3;6*1-2H3;2*1-2H2;1-2H. The van der Waals surface area contributed by atoms with Gasteiger partial charge >= 0.3 is 0 Å². The first kappa shape index (κ1) is 69.3. The lowest BCUT2D eigenvalue weighted by molar-refractivity contribution is 0.886. The third-order valence-corrected chi connectivity index (χ3v) is 0.500. The molecule has 0 saturated heterocycles. The van der Waals surface area contributed by atoms with Crippen molar-refractivity contribution in [3.63, 3.8) is 0 Å². The van der Waals surface area contributed by atoms with E-state index in [0.29, 0.717) is 0 Å². The van der Waals surface area contributed by atoms with Gasteiger partial charge in [-0.2, -0.15) is 0 Å². The lowest BCUT2D eigenvalue weighted by atomic mass is 10.4. The number of unbranched alkanes of at least 4 members (excludes halogenated alkanes) is 1. The van der Waals surface area contributed by atoms with Gasteiger partial charge in [-0.3, -0.25) is 0 Å². The summed E-state index contributed by atoms with van der Waals surface area (Å²) in [6.45, 7) is 40.4. The fourth-order valence-electron chi connectivity index (χ4n) is 0. The minimum Gasteiger partial charge on any atom is -0.124 e. The molecule has 0 saturated carbocycles. The van der Waals surface area contributed by atoms with Crippen molar-refractivity contribution in [1.82, 2.24) is 0 Å². The van der Waals surface area contributed by atoms with Crippen molar-refractivity contribution in [3.05, 3.63) is 26.3 Å². The molecule has 22 heavy (non-hydrogen) atoms. The van der Waals surface area contributed by atoms with E-state index in [1.807, 2.05) is 83.1 Å². The molecule has 0 N–H and O–H groups in total. The summed E-state index contributed by atoms with van der Waals surface area (Å²) in [5, 5.41) is 0. The second kappa shape index (κ2) is 6720. The molecule has 0 bridgehead atoms. The molecular formula is C22H56. The summed E-state index contributed by atoms with van der Waals surface area (Å²) in [4.78, 5) is 0. The monoisotopic (exact) mass is 320 g/mol. The van der Waals surface area contributed by atoms with Crippen LogP contribution in [0.2, 0.25) is 0 Å². The Morgan fingerprint density at radius 1 is 0.409 bits per heavy atom. The van der Waals surface area contributed by atoms with Crippen LogP contribution in [0.15, 0.2) is 26.3 Å². The maximum Gasteiger partial charge on any atom is -0.0564 e. The molecule has 0 radical (unpaired) electrons. The Kier molecular flexibility index (Phi) is 21200. The SMILES string of the molecule is C#C.C=C.C=C.CC.CC.CC.CC.CC.CC.CCCC. The van der Waals surface area contributed by atoms with E-state index in [4.69, 9.17) is 0 Å². The lowest BCUT2D eigenvalue weighted by Gasteiger charge is -1.68. The predicted molar refractivity (Wildman–Crippen MR) is 121 cm³/mol. The average Bonchev–Trinajstić information content (AvgIpc) is 2.75. The quantitative estimate of drug-likeness (QED) is 0.333. The maximum absolute atomic E-state index is 4.00. The van der Waals surface area contributed by atoms with E-state index in [-0.39, 0.29) is 0 Å². The summed E-state index contributed by atoms with van der Waals surface area (Å²) < 4.78 is 0.